The van der Waals surface area contributed by atoms with Gasteiger partial charge >= 0.3 is 0 Å². The molecule has 0 spiro atoms. The lowest BCUT2D eigenvalue weighted by Gasteiger charge is -2.34. The van der Waals surface area contributed by atoms with Crippen LogP contribution in [0.1, 0.15) is 5.56 Å². The topological polar surface area (TPSA) is 37.8 Å². The van der Waals surface area contributed by atoms with E-state index in [0.29, 0.717) is 5.52 Å². The van der Waals surface area contributed by atoms with Crippen molar-refractivity contribution >= 4 is 26.7 Å². The maximum absolute atomic E-state index is 13.9. The Morgan fingerprint density at radius 1 is 1.07 bits per heavy atom. The third-order valence-electron chi connectivity index (χ3n) is 4.88. The standard InChI is InChI=1S/C20H22FN3O2S/c1-25-15-6-7-17(26-2)14(12-15)13-23-8-10-24(11-9-23)20-22-19-16(21)4-3-5-18(19)27-20/h3-7,12H,8-11,13H2,1-2H3. The lowest BCUT2D eigenvalue weighted by Crippen LogP contribution is -2.46. The molecule has 142 valence electrons. The summed E-state index contributed by atoms with van der Waals surface area (Å²) in [6.07, 6.45) is 0. The van der Waals surface area contributed by atoms with Crippen LogP contribution in [0, 0.1) is 5.82 Å². The van der Waals surface area contributed by atoms with Gasteiger partial charge in [-0.3, -0.25) is 4.90 Å². The molecule has 27 heavy (non-hydrogen) atoms. The van der Waals surface area contributed by atoms with Crippen LogP contribution in [-0.4, -0.2) is 50.3 Å². The average Bonchev–Trinajstić information content (AvgIpc) is 3.14. The van der Waals surface area contributed by atoms with E-state index in [0.717, 1.165) is 59.6 Å². The number of anilines is 1. The van der Waals surface area contributed by atoms with E-state index in [4.69, 9.17) is 9.47 Å². The number of rotatable bonds is 5. The average molecular weight is 387 g/mol. The second-order valence-electron chi connectivity index (χ2n) is 6.52. The number of ether oxygens (including phenoxy) is 2. The third kappa shape index (κ3) is 3.70. The number of hydrogen-bond donors (Lipinski definition) is 0. The molecule has 0 amide bonds. The van der Waals surface area contributed by atoms with Crippen molar-refractivity contribution in [2.45, 2.75) is 6.54 Å². The van der Waals surface area contributed by atoms with Crippen molar-refractivity contribution < 1.29 is 13.9 Å². The number of benzene rings is 2. The monoisotopic (exact) mass is 387 g/mol. The van der Waals surface area contributed by atoms with Crippen LogP contribution >= 0.6 is 11.3 Å². The molecule has 1 aliphatic rings. The minimum Gasteiger partial charge on any atom is -0.497 e. The highest BCUT2D eigenvalue weighted by Crippen LogP contribution is 2.31. The van der Waals surface area contributed by atoms with Crippen LogP contribution < -0.4 is 14.4 Å². The summed E-state index contributed by atoms with van der Waals surface area (Å²) in [5.74, 6) is 1.46. The molecular weight excluding hydrogens is 365 g/mol. The maximum Gasteiger partial charge on any atom is 0.186 e. The summed E-state index contributed by atoms with van der Waals surface area (Å²) in [5.41, 5.74) is 1.59. The Balaban J connectivity index is 1.43. The first kappa shape index (κ1) is 18.0. The second-order valence-corrected chi connectivity index (χ2v) is 7.53. The van der Waals surface area contributed by atoms with Crippen molar-refractivity contribution in [2.24, 2.45) is 0 Å². The fraction of sp³-hybridized carbons (Fsp3) is 0.350. The maximum atomic E-state index is 13.9. The Morgan fingerprint density at radius 3 is 2.59 bits per heavy atom. The molecule has 0 unspecified atom stereocenters. The number of para-hydroxylation sites is 1. The van der Waals surface area contributed by atoms with Crippen LogP contribution in [0.3, 0.4) is 0 Å². The number of halogens is 1. The molecule has 1 aromatic heterocycles. The molecule has 1 saturated heterocycles. The van der Waals surface area contributed by atoms with Crippen LogP contribution in [0.4, 0.5) is 9.52 Å². The van der Waals surface area contributed by atoms with Gasteiger partial charge in [-0.05, 0) is 30.3 Å². The van der Waals surface area contributed by atoms with E-state index in [1.54, 1.807) is 31.6 Å². The molecule has 0 atom stereocenters. The minimum atomic E-state index is -0.251. The molecule has 7 heteroatoms. The molecule has 0 saturated carbocycles. The highest BCUT2D eigenvalue weighted by Gasteiger charge is 2.21. The predicted octanol–water partition coefficient (Wildman–Crippen LogP) is 3.77. The third-order valence-corrected chi connectivity index (χ3v) is 5.96. The van der Waals surface area contributed by atoms with Crippen LogP contribution in [0.25, 0.3) is 10.2 Å². The summed E-state index contributed by atoms with van der Waals surface area (Å²) in [6.45, 7) is 4.38. The van der Waals surface area contributed by atoms with E-state index >= 15 is 0 Å². The first-order chi connectivity index (χ1) is 13.2. The Labute approximate surface area is 161 Å². The minimum absolute atomic E-state index is 0.251. The number of methoxy groups -OCH3 is 2. The quantitative estimate of drug-likeness (QED) is 0.666. The van der Waals surface area contributed by atoms with Gasteiger partial charge in [0.25, 0.3) is 0 Å². The number of hydrogen-bond acceptors (Lipinski definition) is 6. The molecule has 0 radical (unpaired) electrons. The zero-order valence-corrected chi connectivity index (χ0v) is 16.3. The summed E-state index contributed by atoms with van der Waals surface area (Å²) >= 11 is 1.55. The van der Waals surface area contributed by atoms with Crippen LogP contribution in [-0.2, 0) is 6.54 Å². The fourth-order valence-electron chi connectivity index (χ4n) is 3.38. The van der Waals surface area contributed by atoms with E-state index in [-0.39, 0.29) is 5.82 Å². The number of thiazole rings is 1. The molecular formula is C20H22FN3O2S. The number of nitrogens with zero attached hydrogens (tertiary/aromatic N) is 3. The fourth-order valence-corrected chi connectivity index (χ4v) is 4.41. The molecule has 0 bridgehead atoms. The summed E-state index contributed by atoms with van der Waals surface area (Å²) in [6, 6.07) is 11.0. The van der Waals surface area contributed by atoms with E-state index < -0.39 is 0 Å². The highest BCUT2D eigenvalue weighted by atomic mass is 32.1. The van der Waals surface area contributed by atoms with Crippen molar-refractivity contribution in [3.63, 3.8) is 0 Å². The normalized spacial score (nSPS) is 15.3. The molecule has 2 aromatic carbocycles. The van der Waals surface area contributed by atoms with Crippen LogP contribution in [0.5, 0.6) is 11.5 Å². The van der Waals surface area contributed by atoms with Gasteiger partial charge in [-0.2, -0.15) is 0 Å². The molecule has 0 N–H and O–H groups in total. The molecule has 2 heterocycles. The van der Waals surface area contributed by atoms with Crippen LogP contribution in [0.2, 0.25) is 0 Å². The molecule has 1 aliphatic heterocycles. The van der Waals surface area contributed by atoms with Gasteiger partial charge < -0.3 is 14.4 Å². The zero-order valence-electron chi connectivity index (χ0n) is 15.4. The van der Waals surface area contributed by atoms with Gasteiger partial charge in [0.1, 0.15) is 22.8 Å². The number of aromatic nitrogens is 1. The summed E-state index contributed by atoms with van der Waals surface area (Å²) in [7, 11) is 3.36. The van der Waals surface area contributed by atoms with Gasteiger partial charge in [-0.25, -0.2) is 9.37 Å². The Morgan fingerprint density at radius 2 is 1.89 bits per heavy atom. The van der Waals surface area contributed by atoms with E-state index in [2.05, 4.69) is 14.8 Å². The van der Waals surface area contributed by atoms with Crippen molar-refractivity contribution in [1.29, 1.82) is 0 Å². The summed E-state index contributed by atoms with van der Waals surface area (Å²) < 4.78 is 25.6. The Bertz CT molecular complexity index is 938. The predicted molar refractivity (Wildman–Crippen MR) is 107 cm³/mol. The van der Waals surface area contributed by atoms with Crippen molar-refractivity contribution in [1.82, 2.24) is 9.88 Å². The van der Waals surface area contributed by atoms with Gasteiger partial charge in [-0.1, -0.05) is 17.4 Å². The first-order valence-electron chi connectivity index (χ1n) is 8.91. The first-order valence-corrected chi connectivity index (χ1v) is 9.73. The summed E-state index contributed by atoms with van der Waals surface area (Å²) in [5, 5.41) is 0.897. The molecule has 0 aliphatic carbocycles. The van der Waals surface area contributed by atoms with E-state index in [1.165, 1.54) is 6.07 Å². The van der Waals surface area contributed by atoms with E-state index in [1.807, 2.05) is 24.3 Å². The largest absolute Gasteiger partial charge is 0.497 e. The van der Waals surface area contributed by atoms with Gasteiger partial charge in [0, 0.05) is 38.3 Å². The molecule has 4 rings (SSSR count). The Kier molecular flexibility index (Phi) is 5.13. The van der Waals surface area contributed by atoms with Gasteiger partial charge in [-0.15, -0.1) is 0 Å². The smallest absolute Gasteiger partial charge is 0.186 e. The molecule has 3 aromatic rings. The zero-order chi connectivity index (χ0) is 18.8. The SMILES string of the molecule is COc1ccc(OC)c(CN2CCN(c3nc4c(F)cccc4s3)CC2)c1. The van der Waals surface area contributed by atoms with Crippen LogP contribution in [0.15, 0.2) is 36.4 Å². The summed E-state index contributed by atoms with van der Waals surface area (Å²) in [4.78, 5) is 9.14. The number of piperazine rings is 1. The van der Waals surface area contributed by atoms with Gasteiger partial charge in [0.2, 0.25) is 0 Å². The lowest BCUT2D eigenvalue weighted by molar-refractivity contribution is 0.245. The highest BCUT2D eigenvalue weighted by molar-refractivity contribution is 7.22. The lowest BCUT2D eigenvalue weighted by atomic mass is 10.1. The molecule has 5 nitrogen and oxygen atoms in total. The Hall–Kier alpha value is -2.38. The van der Waals surface area contributed by atoms with Gasteiger partial charge in [0.05, 0.1) is 18.9 Å². The van der Waals surface area contributed by atoms with Crippen molar-refractivity contribution in [3.8, 4) is 11.5 Å². The van der Waals surface area contributed by atoms with Crippen molar-refractivity contribution in [2.75, 3.05) is 45.3 Å². The number of fused-ring (bicyclic) bond motifs is 1. The van der Waals surface area contributed by atoms with Gasteiger partial charge in [0.15, 0.2) is 5.13 Å². The second kappa shape index (κ2) is 7.70. The van der Waals surface area contributed by atoms with Crippen molar-refractivity contribution in [3.05, 3.63) is 47.8 Å². The molecule has 1 fully saturated rings. The van der Waals surface area contributed by atoms with E-state index in [9.17, 15) is 4.39 Å².